The van der Waals surface area contributed by atoms with Crippen LogP contribution in [-0.4, -0.2) is 13.1 Å². The van der Waals surface area contributed by atoms with Gasteiger partial charge in [-0.2, -0.15) is 5.26 Å². The molecule has 18 heavy (non-hydrogen) atoms. The van der Waals surface area contributed by atoms with Crippen molar-refractivity contribution < 1.29 is 4.39 Å². The maximum absolute atomic E-state index is 13.2. The highest BCUT2D eigenvalue weighted by Crippen LogP contribution is 2.34. The number of rotatable bonds is 2. The van der Waals surface area contributed by atoms with Gasteiger partial charge >= 0.3 is 0 Å². The van der Waals surface area contributed by atoms with Crippen molar-refractivity contribution >= 4 is 24.0 Å². The van der Waals surface area contributed by atoms with E-state index < -0.39 is 5.41 Å². The number of benzene rings is 1. The molecule has 1 aliphatic rings. The van der Waals surface area contributed by atoms with Gasteiger partial charge in [0.2, 0.25) is 0 Å². The molecule has 0 bridgehead atoms. The van der Waals surface area contributed by atoms with Gasteiger partial charge in [0.1, 0.15) is 5.82 Å². The third-order valence-electron chi connectivity index (χ3n) is 3.33. The molecule has 0 radical (unpaired) electrons. The number of nitriles is 1. The predicted molar refractivity (Wildman–Crippen MR) is 72.5 cm³/mol. The van der Waals surface area contributed by atoms with Crippen LogP contribution in [0.4, 0.5) is 4.39 Å². The topological polar surface area (TPSA) is 35.8 Å². The summed E-state index contributed by atoms with van der Waals surface area (Å²) in [5.74, 6) is -0.300. The predicted octanol–water partition coefficient (Wildman–Crippen LogP) is 3.34. The largest absolute Gasteiger partial charge is 0.317 e. The van der Waals surface area contributed by atoms with E-state index >= 15 is 0 Å². The molecule has 1 aliphatic heterocycles. The Morgan fingerprint density at radius 2 is 2.06 bits per heavy atom. The zero-order valence-corrected chi connectivity index (χ0v) is 11.5. The summed E-state index contributed by atoms with van der Waals surface area (Å²) in [5, 5.41) is 13.1. The number of halogens is 3. The normalized spacial score (nSPS) is 17.6. The average Bonchev–Trinajstić information content (AvgIpc) is 2.35. The van der Waals surface area contributed by atoms with E-state index in [0.717, 1.165) is 31.5 Å². The van der Waals surface area contributed by atoms with Gasteiger partial charge in [0.05, 0.1) is 11.5 Å². The van der Waals surface area contributed by atoms with Crippen LogP contribution in [0, 0.1) is 22.6 Å². The van der Waals surface area contributed by atoms with Crippen molar-refractivity contribution in [3.05, 3.63) is 34.6 Å². The summed E-state index contributed by atoms with van der Waals surface area (Å²) in [7, 11) is 0. The Bertz CT molecular complexity index is 451. The lowest BCUT2D eigenvalue weighted by Crippen LogP contribution is -2.37. The minimum Gasteiger partial charge on any atom is -0.317 e. The number of nitrogens with one attached hydrogen (secondary N) is 1. The van der Waals surface area contributed by atoms with E-state index in [2.05, 4.69) is 11.4 Å². The van der Waals surface area contributed by atoms with Gasteiger partial charge in [0, 0.05) is 5.02 Å². The fraction of sp³-hybridized carbons (Fsp3) is 0.462. The molecule has 0 spiro atoms. The van der Waals surface area contributed by atoms with Crippen LogP contribution in [0.2, 0.25) is 5.02 Å². The van der Waals surface area contributed by atoms with Gasteiger partial charge in [-0.05, 0) is 56.1 Å². The molecule has 0 atom stereocenters. The van der Waals surface area contributed by atoms with Crippen molar-refractivity contribution in [2.75, 3.05) is 13.1 Å². The van der Waals surface area contributed by atoms with Crippen LogP contribution >= 0.6 is 24.0 Å². The van der Waals surface area contributed by atoms with Gasteiger partial charge < -0.3 is 5.32 Å². The average molecular weight is 289 g/mol. The Morgan fingerprint density at radius 3 is 2.67 bits per heavy atom. The highest BCUT2D eigenvalue weighted by Gasteiger charge is 2.32. The van der Waals surface area contributed by atoms with Crippen molar-refractivity contribution in [1.82, 2.24) is 5.32 Å². The summed E-state index contributed by atoms with van der Waals surface area (Å²) >= 11 is 6.04. The molecule has 1 aromatic carbocycles. The fourth-order valence-electron chi connectivity index (χ4n) is 2.28. The molecule has 1 aromatic rings. The lowest BCUT2D eigenvalue weighted by molar-refractivity contribution is 0.280. The lowest BCUT2D eigenvalue weighted by Gasteiger charge is -2.31. The Morgan fingerprint density at radius 1 is 1.39 bits per heavy atom. The molecule has 1 heterocycles. The summed E-state index contributed by atoms with van der Waals surface area (Å²) in [6, 6.07) is 6.72. The first-order valence-electron chi connectivity index (χ1n) is 5.71. The van der Waals surface area contributed by atoms with Crippen LogP contribution in [0.3, 0.4) is 0 Å². The summed E-state index contributed by atoms with van der Waals surface area (Å²) in [4.78, 5) is 0. The Labute approximate surface area is 118 Å². The van der Waals surface area contributed by atoms with E-state index in [1.807, 2.05) is 0 Å². The zero-order valence-electron chi connectivity index (χ0n) is 9.88. The van der Waals surface area contributed by atoms with Crippen molar-refractivity contribution in [1.29, 1.82) is 5.26 Å². The minimum absolute atomic E-state index is 0. The summed E-state index contributed by atoms with van der Waals surface area (Å²) in [6.45, 7) is 1.67. The first-order chi connectivity index (χ1) is 8.15. The minimum atomic E-state index is -0.400. The lowest BCUT2D eigenvalue weighted by atomic mass is 9.75. The van der Waals surface area contributed by atoms with Crippen LogP contribution in [0.1, 0.15) is 18.4 Å². The Hall–Kier alpha value is -0.820. The third kappa shape index (κ3) is 3.35. The standard InChI is InChI=1S/C13H14ClFN2.ClH/c14-12-2-1-11(15)7-10(12)8-13(9-16)3-5-17-6-4-13;/h1-2,7,17H,3-6,8H2;1H. The van der Waals surface area contributed by atoms with Crippen molar-refractivity contribution in [2.45, 2.75) is 19.3 Å². The van der Waals surface area contributed by atoms with Crippen LogP contribution in [0.5, 0.6) is 0 Å². The van der Waals surface area contributed by atoms with Gasteiger partial charge in [-0.1, -0.05) is 11.6 Å². The molecular formula is C13H15Cl2FN2. The van der Waals surface area contributed by atoms with E-state index in [1.165, 1.54) is 12.1 Å². The van der Waals surface area contributed by atoms with E-state index in [9.17, 15) is 9.65 Å². The number of hydrogen-bond donors (Lipinski definition) is 1. The molecule has 1 N–H and O–H groups in total. The second kappa shape index (κ2) is 6.38. The number of hydrogen-bond acceptors (Lipinski definition) is 2. The molecule has 2 nitrogen and oxygen atoms in total. The molecule has 0 unspecified atom stereocenters. The SMILES string of the molecule is Cl.N#CC1(Cc2cc(F)ccc2Cl)CCNCC1. The highest BCUT2D eigenvalue weighted by atomic mass is 35.5. The summed E-state index contributed by atoms with van der Waals surface area (Å²) < 4.78 is 13.2. The van der Waals surface area contributed by atoms with Crippen molar-refractivity contribution in [3.8, 4) is 6.07 Å². The van der Waals surface area contributed by atoms with E-state index in [0.29, 0.717) is 11.4 Å². The van der Waals surface area contributed by atoms with Crippen molar-refractivity contribution in [2.24, 2.45) is 5.41 Å². The molecule has 0 aromatic heterocycles. The van der Waals surface area contributed by atoms with Crippen molar-refractivity contribution in [3.63, 3.8) is 0 Å². The fourth-order valence-corrected chi connectivity index (χ4v) is 2.46. The highest BCUT2D eigenvalue weighted by molar-refractivity contribution is 6.31. The molecular weight excluding hydrogens is 274 g/mol. The molecule has 98 valence electrons. The van der Waals surface area contributed by atoms with Crippen LogP contribution in [0.25, 0.3) is 0 Å². The van der Waals surface area contributed by atoms with E-state index in [1.54, 1.807) is 6.07 Å². The van der Waals surface area contributed by atoms with Gasteiger partial charge in [-0.3, -0.25) is 0 Å². The van der Waals surface area contributed by atoms with Gasteiger partial charge in [0.25, 0.3) is 0 Å². The number of piperidine rings is 1. The van der Waals surface area contributed by atoms with Gasteiger partial charge in [0.15, 0.2) is 0 Å². The maximum atomic E-state index is 13.2. The van der Waals surface area contributed by atoms with Crippen LogP contribution in [0.15, 0.2) is 18.2 Å². The molecule has 0 amide bonds. The molecule has 2 rings (SSSR count). The summed E-state index contributed by atoms with van der Waals surface area (Å²) in [6.07, 6.45) is 2.11. The first-order valence-corrected chi connectivity index (χ1v) is 6.09. The van der Waals surface area contributed by atoms with Gasteiger partial charge in [-0.15, -0.1) is 12.4 Å². The smallest absolute Gasteiger partial charge is 0.123 e. The first kappa shape index (κ1) is 15.2. The molecule has 1 fully saturated rings. The molecule has 5 heteroatoms. The molecule has 1 saturated heterocycles. The Balaban J connectivity index is 0.00000162. The monoisotopic (exact) mass is 288 g/mol. The van der Waals surface area contributed by atoms with E-state index in [4.69, 9.17) is 11.6 Å². The third-order valence-corrected chi connectivity index (χ3v) is 3.70. The molecule has 0 saturated carbocycles. The Kier molecular flexibility index (Phi) is 5.40. The molecule has 0 aliphatic carbocycles. The quantitative estimate of drug-likeness (QED) is 0.906. The second-order valence-electron chi connectivity index (χ2n) is 4.55. The summed E-state index contributed by atoms with van der Waals surface area (Å²) in [5.41, 5.74) is 0.331. The second-order valence-corrected chi connectivity index (χ2v) is 4.96. The van der Waals surface area contributed by atoms with Gasteiger partial charge in [-0.25, -0.2) is 4.39 Å². The maximum Gasteiger partial charge on any atom is 0.123 e. The number of nitrogens with zero attached hydrogens (tertiary/aromatic N) is 1. The van der Waals surface area contributed by atoms with Crippen LogP contribution < -0.4 is 5.32 Å². The van der Waals surface area contributed by atoms with E-state index in [-0.39, 0.29) is 18.2 Å². The van der Waals surface area contributed by atoms with Crippen LogP contribution in [-0.2, 0) is 6.42 Å². The zero-order chi connectivity index (χ0) is 12.3.